The van der Waals surface area contributed by atoms with Gasteiger partial charge in [0.2, 0.25) is 5.95 Å². The van der Waals surface area contributed by atoms with E-state index in [1.807, 2.05) is 4.57 Å². The zero-order chi connectivity index (χ0) is 18.3. The zero-order valence-electron chi connectivity index (χ0n) is 13.8. The largest absolute Gasteiger partial charge is 0.368 e. The quantitative estimate of drug-likeness (QED) is 0.439. The van der Waals surface area contributed by atoms with Gasteiger partial charge < -0.3 is 10.3 Å². The van der Waals surface area contributed by atoms with Gasteiger partial charge in [0.1, 0.15) is 0 Å². The Hall–Kier alpha value is -3.82. The van der Waals surface area contributed by atoms with E-state index in [0.717, 1.165) is 5.56 Å². The van der Waals surface area contributed by atoms with Gasteiger partial charge in [0.15, 0.2) is 17.0 Å². The monoisotopic (exact) mass is 350 g/mol. The normalized spacial score (nSPS) is 11.1. The minimum Gasteiger partial charge on any atom is -0.368 e. The van der Waals surface area contributed by atoms with Crippen LogP contribution in [0.3, 0.4) is 0 Å². The minimum atomic E-state index is -0.393. The van der Waals surface area contributed by atoms with E-state index in [2.05, 4.69) is 20.1 Å². The average Bonchev–Trinajstić information content (AvgIpc) is 3.24. The van der Waals surface area contributed by atoms with Crippen LogP contribution in [0.25, 0.3) is 17.0 Å². The molecule has 0 fully saturated rings. The molecule has 10 nitrogen and oxygen atoms in total. The van der Waals surface area contributed by atoms with Crippen molar-refractivity contribution in [3.05, 3.63) is 64.2 Å². The van der Waals surface area contributed by atoms with Crippen molar-refractivity contribution < 1.29 is 4.92 Å². The van der Waals surface area contributed by atoms with Gasteiger partial charge in [-0.3, -0.25) is 10.1 Å². The number of rotatable bonds is 4. The van der Waals surface area contributed by atoms with Crippen LogP contribution in [0.1, 0.15) is 11.1 Å². The van der Waals surface area contributed by atoms with Gasteiger partial charge in [-0.15, -0.1) is 0 Å². The molecule has 0 saturated heterocycles. The Kier molecular flexibility index (Phi) is 3.57. The van der Waals surface area contributed by atoms with Gasteiger partial charge in [0.25, 0.3) is 5.69 Å². The smallest absolute Gasteiger partial charge is 0.272 e. The highest BCUT2D eigenvalue weighted by atomic mass is 16.6. The number of hydrogen-bond donors (Lipinski definition) is 1. The predicted octanol–water partition coefficient (Wildman–Crippen LogP) is 1.86. The van der Waals surface area contributed by atoms with Gasteiger partial charge >= 0.3 is 0 Å². The van der Waals surface area contributed by atoms with Crippen molar-refractivity contribution in [3.63, 3.8) is 0 Å². The van der Waals surface area contributed by atoms with E-state index < -0.39 is 4.92 Å². The van der Waals surface area contributed by atoms with Gasteiger partial charge in [-0.1, -0.05) is 6.07 Å². The lowest BCUT2D eigenvalue weighted by Crippen LogP contribution is -2.07. The summed E-state index contributed by atoms with van der Waals surface area (Å²) < 4.78 is 3.40. The highest BCUT2D eigenvalue weighted by Crippen LogP contribution is 2.22. The first-order valence-corrected chi connectivity index (χ1v) is 7.75. The summed E-state index contributed by atoms with van der Waals surface area (Å²) in [4.78, 5) is 23.5. The molecule has 130 valence electrons. The Balaban J connectivity index is 1.77. The first-order chi connectivity index (χ1) is 12.5. The highest BCUT2D eigenvalue weighted by molar-refractivity contribution is 5.79. The number of aryl methyl sites for hydroxylation is 1. The van der Waals surface area contributed by atoms with Crippen LogP contribution >= 0.6 is 0 Å². The van der Waals surface area contributed by atoms with Gasteiger partial charge in [0.05, 0.1) is 17.8 Å². The van der Waals surface area contributed by atoms with Crippen molar-refractivity contribution in [1.82, 2.24) is 29.3 Å². The molecule has 0 aliphatic carbocycles. The average molecular weight is 350 g/mol. The number of nitro groups is 1. The van der Waals surface area contributed by atoms with E-state index in [1.54, 1.807) is 48.5 Å². The molecule has 0 spiro atoms. The van der Waals surface area contributed by atoms with Crippen LogP contribution < -0.4 is 5.73 Å². The number of nitro benzene ring substituents is 1. The topological polar surface area (TPSA) is 131 Å². The predicted molar refractivity (Wildman–Crippen MR) is 93.8 cm³/mol. The maximum Gasteiger partial charge on any atom is 0.272 e. The fourth-order valence-corrected chi connectivity index (χ4v) is 2.83. The van der Waals surface area contributed by atoms with Gasteiger partial charge in [-0.05, 0) is 24.6 Å². The van der Waals surface area contributed by atoms with Crippen molar-refractivity contribution >= 4 is 22.8 Å². The summed E-state index contributed by atoms with van der Waals surface area (Å²) in [5.41, 5.74) is 8.58. The Labute approximate surface area is 147 Å². The molecule has 0 aliphatic heterocycles. The molecular weight excluding hydrogens is 336 g/mol. The number of nitrogens with zero attached hydrogens (tertiary/aromatic N) is 7. The van der Waals surface area contributed by atoms with Crippen molar-refractivity contribution in [2.45, 2.75) is 13.5 Å². The summed E-state index contributed by atoms with van der Waals surface area (Å²) in [6.45, 7) is 2.16. The fourth-order valence-electron chi connectivity index (χ4n) is 2.83. The van der Waals surface area contributed by atoms with Crippen LogP contribution in [-0.4, -0.2) is 34.2 Å². The van der Waals surface area contributed by atoms with Crippen LogP contribution in [0.2, 0.25) is 0 Å². The number of aromatic nitrogens is 6. The van der Waals surface area contributed by atoms with Crippen molar-refractivity contribution in [3.8, 4) is 5.82 Å². The Morgan fingerprint density at radius 3 is 2.85 bits per heavy atom. The van der Waals surface area contributed by atoms with Crippen LogP contribution in [-0.2, 0) is 6.54 Å². The minimum absolute atomic E-state index is 0.0942. The molecule has 3 heterocycles. The van der Waals surface area contributed by atoms with Crippen LogP contribution in [0.4, 0.5) is 11.6 Å². The zero-order valence-corrected chi connectivity index (χ0v) is 13.8. The molecule has 0 unspecified atom stereocenters. The summed E-state index contributed by atoms with van der Waals surface area (Å²) in [6.07, 6.45) is 5.03. The molecular formula is C16H14N8O2. The van der Waals surface area contributed by atoms with Crippen molar-refractivity contribution in [2.24, 2.45) is 0 Å². The lowest BCUT2D eigenvalue weighted by molar-refractivity contribution is -0.385. The van der Waals surface area contributed by atoms with Crippen molar-refractivity contribution in [1.29, 1.82) is 0 Å². The molecule has 26 heavy (non-hydrogen) atoms. The molecule has 10 heteroatoms. The number of nitrogens with two attached hydrogens (primary N) is 1. The van der Waals surface area contributed by atoms with Crippen LogP contribution in [0, 0.1) is 17.0 Å². The lowest BCUT2D eigenvalue weighted by Gasteiger charge is -2.07. The van der Waals surface area contributed by atoms with Gasteiger partial charge in [-0.25, -0.2) is 9.67 Å². The molecule has 0 amide bonds. The van der Waals surface area contributed by atoms with E-state index in [0.29, 0.717) is 29.1 Å². The van der Waals surface area contributed by atoms with E-state index in [1.165, 1.54) is 6.07 Å². The summed E-state index contributed by atoms with van der Waals surface area (Å²) in [6, 6.07) is 6.78. The van der Waals surface area contributed by atoms with Gasteiger partial charge in [0, 0.05) is 24.0 Å². The third kappa shape index (κ3) is 2.62. The first kappa shape index (κ1) is 15.7. The second-order valence-electron chi connectivity index (χ2n) is 5.78. The summed E-state index contributed by atoms with van der Waals surface area (Å²) in [5, 5.41) is 15.1. The molecule has 3 aromatic heterocycles. The van der Waals surface area contributed by atoms with Crippen LogP contribution in [0.5, 0.6) is 0 Å². The summed E-state index contributed by atoms with van der Waals surface area (Å²) in [7, 11) is 0. The first-order valence-electron chi connectivity index (χ1n) is 7.75. The van der Waals surface area contributed by atoms with Crippen molar-refractivity contribution in [2.75, 3.05) is 5.73 Å². The molecule has 0 radical (unpaired) electrons. The number of nitrogen functional groups attached to an aromatic ring is 1. The van der Waals surface area contributed by atoms with Gasteiger partial charge in [-0.2, -0.15) is 15.1 Å². The van der Waals surface area contributed by atoms with E-state index in [-0.39, 0.29) is 11.6 Å². The van der Waals surface area contributed by atoms with E-state index in [9.17, 15) is 10.1 Å². The standard InChI is InChI=1S/C16H14N8O2/c1-10-7-11(3-4-12(10)24(25)26)8-22-9-18-13-14(22)20-16(17)21-15(13)23-6-2-5-19-23/h2-7,9H,8H2,1H3,(H2,17,20,21). The summed E-state index contributed by atoms with van der Waals surface area (Å²) >= 11 is 0. The number of anilines is 1. The summed E-state index contributed by atoms with van der Waals surface area (Å²) in [5.74, 6) is 0.612. The molecule has 1 aromatic carbocycles. The molecule has 4 rings (SSSR count). The van der Waals surface area contributed by atoms with Crippen LogP contribution in [0.15, 0.2) is 43.0 Å². The fraction of sp³-hybridized carbons (Fsp3) is 0.125. The third-order valence-electron chi connectivity index (χ3n) is 4.00. The molecule has 4 aromatic rings. The lowest BCUT2D eigenvalue weighted by atomic mass is 10.1. The molecule has 0 bridgehead atoms. The molecule has 0 atom stereocenters. The number of hydrogen-bond acceptors (Lipinski definition) is 7. The number of imidazole rings is 1. The second kappa shape index (κ2) is 5.92. The maximum absolute atomic E-state index is 11.0. The number of benzene rings is 1. The maximum atomic E-state index is 11.0. The Bertz CT molecular complexity index is 1120. The second-order valence-corrected chi connectivity index (χ2v) is 5.78. The third-order valence-corrected chi connectivity index (χ3v) is 4.00. The van der Waals surface area contributed by atoms with E-state index in [4.69, 9.17) is 5.73 Å². The Morgan fingerprint density at radius 2 is 2.15 bits per heavy atom. The molecule has 0 aliphatic rings. The van der Waals surface area contributed by atoms with E-state index >= 15 is 0 Å². The molecule has 2 N–H and O–H groups in total. The molecule has 0 saturated carbocycles. The Morgan fingerprint density at radius 1 is 1.31 bits per heavy atom. The SMILES string of the molecule is Cc1cc(Cn2cnc3c(-n4cccn4)nc(N)nc32)ccc1[N+](=O)[O-]. The number of fused-ring (bicyclic) bond motifs is 1. The highest BCUT2D eigenvalue weighted by Gasteiger charge is 2.15.